The minimum atomic E-state index is -0.454. The number of amides is 1. The van der Waals surface area contributed by atoms with E-state index in [1.54, 1.807) is 29.1 Å². The Morgan fingerprint density at radius 1 is 1.20 bits per heavy atom. The molecule has 0 saturated carbocycles. The molecule has 2 saturated heterocycles. The number of imidazole rings is 1. The fourth-order valence-corrected chi connectivity index (χ4v) is 4.22. The highest BCUT2D eigenvalue weighted by atomic mass is 16.6. The number of carbonyl (C=O) groups excluding carboxylic acids is 1. The van der Waals surface area contributed by atoms with Crippen LogP contribution in [0.25, 0.3) is 5.69 Å². The first-order valence-electron chi connectivity index (χ1n) is 10.5. The SMILES string of the molecule is O=C(c1ccc(-n2ccnc2)c([N+](=O)[O-])c1)N1CCC(CCN2CCOCC2)CC1. The number of nitro groups is 1. The second-order valence-corrected chi connectivity index (χ2v) is 7.91. The van der Waals surface area contributed by atoms with Gasteiger partial charge in [0.25, 0.3) is 11.6 Å². The second kappa shape index (κ2) is 9.36. The largest absolute Gasteiger partial charge is 0.379 e. The van der Waals surface area contributed by atoms with Crippen LogP contribution in [0.4, 0.5) is 5.69 Å². The van der Waals surface area contributed by atoms with Crippen molar-refractivity contribution in [3.8, 4) is 5.69 Å². The molecular formula is C21H27N5O4. The minimum absolute atomic E-state index is 0.0979. The van der Waals surface area contributed by atoms with Crippen molar-refractivity contribution in [1.29, 1.82) is 0 Å². The molecule has 4 rings (SSSR count). The van der Waals surface area contributed by atoms with E-state index >= 15 is 0 Å². The van der Waals surface area contributed by atoms with Crippen molar-refractivity contribution in [1.82, 2.24) is 19.4 Å². The Kier molecular flexibility index (Phi) is 6.39. The zero-order chi connectivity index (χ0) is 20.9. The molecule has 9 heteroatoms. The van der Waals surface area contributed by atoms with Gasteiger partial charge in [0, 0.05) is 50.2 Å². The molecule has 2 fully saturated rings. The summed E-state index contributed by atoms with van der Waals surface area (Å²) in [6.07, 6.45) is 7.81. The molecule has 160 valence electrons. The van der Waals surface area contributed by atoms with E-state index in [1.165, 1.54) is 12.4 Å². The number of piperidine rings is 1. The smallest absolute Gasteiger partial charge is 0.294 e. The van der Waals surface area contributed by atoms with Gasteiger partial charge in [-0.25, -0.2) is 4.98 Å². The van der Waals surface area contributed by atoms with E-state index in [-0.39, 0.29) is 11.6 Å². The standard InChI is InChI=1S/C21H27N5O4/c27-21(18-1-2-19(20(15-18)26(28)29)25-10-6-22-16-25)24-8-4-17(5-9-24)3-7-23-11-13-30-14-12-23/h1-2,6,10,15-17H,3-5,7-9,11-14H2. The second-order valence-electron chi connectivity index (χ2n) is 7.91. The van der Waals surface area contributed by atoms with Gasteiger partial charge in [-0.2, -0.15) is 0 Å². The lowest BCUT2D eigenvalue weighted by Gasteiger charge is -2.34. The normalized spacial score (nSPS) is 18.5. The number of ether oxygens (including phenoxy) is 1. The average Bonchev–Trinajstić information content (AvgIpc) is 3.32. The average molecular weight is 413 g/mol. The topological polar surface area (TPSA) is 93.7 Å². The Bertz CT molecular complexity index is 872. The predicted molar refractivity (Wildman–Crippen MR) is 111 cm³/mol. The molecule has 2 aliphatic rings. The highest BCUT2D eigenvalue weighted by Gasteiger charge is 2.26. The number of hydrogen-bond donors (Lipinski definition) is 0. The first kappa shape index (κ1) is 20.5. The molecule has 1 aromatic carbocycles. The van der Waals surface area contributed by atoms with E-state index in [0.29, 0.717) is 30.3 Å². The maximum Gasteiger partial charge on any atom is 0.294 e. The molecule has 3 heterocycles. The van der Waals surface area contributed by atoms with Crippen LogP contribution in [0.2, 0.25) is 0 Å². The van der Waals surface area contributed by atoms with Crippen molar-refractivity contribution in [2.45, 2.75) is 19.3 Å². The van der Waals surface area contributed by atoms with Gasteiger partial charge in [0.1, 0.15) is 5.69 Å². The van der Waals surface area contributed by atoms with Crippen molar-refractivity contribution in [3.05, 3.63) is 52.6 Å². The number of rotatable bonds is 6. The van der Waals surface area contributed by atoms with E-state index in [4.69, 9.17) is 4.74 Å². The summed E-state index contributed by atoms with van der Waals surface area (Å²) in [5.41, 5.74) is 0.660. The Hall–Kier alpha value is -2.78. The summed E-state index contributed by atoms with van der Waals surface area (Å²) in [4.78, 5) is 32.2. The number of likely N-dealkylation sites (tertiary alicyclic amines) is 1. The Labute approximate surface area is 175 Å². The minimum Gasteiger partial charge on any atom is -0.379 e. The maximum atomic E-state index is 12.9. The molecule has 0 aliphatic carbocycles. The van der Waals surface area contributed by atoms with Gasteiger partial charge in [-0.15, -0.1) is 0 Å². The number of morpholine rings is 1. The van der Waals surface area contributed by atoms with Crippen molar-refractivity contribution in [2.75, 3.05) is 45.9 Å². The van der Waals surface area contributed by atoms with Gasteiger partial charge in [-0.1, -0.05) is 0 Å². The molecular weight excluding hydrogens is 386 g/mol. The Morgan fingerprint density at radius 2 is 1.97 bits per heavy atom. The lowest BCUT2D eigenvalue weighted by Crippen LogP contribution is -2.40. The number of aromatic nitrogens is 2. The van der Waals surface area contributed by atoms with Crippen LogP contribution in [0.15, 0.2) is 36.9 Å². The van der Waals surface area contributed by atoms with Crippen LogP contribution in [0, 0.1) is 16.0 Å². The zero-order valence-corrected chi connectivity index (χ0v) is 17.0. The molecule has 0 unspecified atom stereocenters. The molecule has 30 heavy (non-hydrogen) atoms. The van der Waals surface area contributed by atoms with Crippen LogP contribution in [0.5, 0.6) is 0 Å². The van der Waals surface area contributed by atoms with Crippen LogP contribution in [-0.2, 0) is 4.74 Å². The highest BCUT2D eigenvalue weighted by Crippen LogP contribution is 2.27. The first-order valence-corrected chi connectivity index (χ1v) is 10.5. The lowest BCUT2D eigenvalue weighted by atomic mass is 9.93. The van der Waals surface area contributed by atoms with Crippen LogP contribution in [0.1, 0.15) is 29.6 Å². The fraction of sp³-hybridized carbons (Fsp3) is 0.524. The van der Waals surface area contributed by atoms with Crippen molar-refractivity contribution in [2.24, 2.45) is 5.92 Å². The quantitative estimate of drug-likeness (QED) is 0.533. The summed E-state index contributed by atoms with van der Waals surface area (Å²) in [6, 6.07) is 4.65. The molecule has 0 N–H and O–H groups in total. The van der Waals surface area contributed by atoms with E-state index in [1.807, 2.05) is 4.90 Å². The molecule has 0 atom stereocenters. The summed E-state index contributed by atoms with van der Waals surface area (Å²) in [7, 11) is 0. The van der Waals surface area contributed by atoms with E-state index < -0.39 is 4.92 Å². The number of benzene rings is 1. The summed E-state index contributed by atoms with van der Waals surface area (Å²) < 4.78 is 6.97. The molecule has 2 aliphatic heterocycles. The molecule has 2 aromatic rings. The molecule has 1 amide bonds. The Morgan fingerprint density at radius 3 is 2.63 bits per heavy atom. The molecule has 1 aromatic heterocycles. The third-order valence-corrected chi connectivity index (χ3v) is 6.06. The zero-order valence-electron chi connectivity index (χ0n) is 17.0. The molecule has 9 nitrogen and oxygen atoms in total. The number of carbonyl (C=O) groups is 1. The van der Waals surface area contributed by atoms with Crippen molar-refractivity contribution >= 4 is 11.6 Å². The van der Waals surface area contributed by atoms with E-state index in [9.17, 15) is 14.9 Å². The Balaban J connectivity index is 1.36. The predicted octanol–water partition coefficient (Wildman–Crippen LogP) is 2.36. The highest BCUT2D eigenvalue weighted by molar-refractivity contribution is 5.95. The summed E-state index contributed by atoms with van der Waals surface area (Å²) in [5.74, 6) is 0.483. The van der Waals surface area contributed by atoms with E-state index in [0.717, 1.165) is 52.1 Å². The lowest BCUT2D eigenvalue weighted by molar-refractivity contribution is -0.384. The van der Waals surface area contributed by atoms with Gasteiger partial charge in [0.15, 0.2) is 0 Å². The number of nitro benzene ring substituents is 1. The summed E-state index contributed by atoms with van der Waals surface area (Å²) >= 11 is 0. The van der Waals surface area contributed by atoms with Gasteiger partial charge >= 0.3 is 0 Å². The van der Waals surface area contributed by atoms with Crippen molar-refractivity contribution < 1.29 is 14.5 Å². The van der Waals surface area contributed by atoms with E-state index in [2.05, 4.69) is 9.88 Å². The third-order valence-electron chi connectivity index (χ3n) is 6.06. The molecule has 0 radical (unpaired) electrons. The van der Waals surface area contributed by atoms with Crippen LogP contribution in [-0.4, -0.2) is 76.1 Å². The van der Waals surface area contributed by atoms with Gasteiger partial charge in [-0.3, -0.25) is 19.8 Å². The van der Waals surface area contributed by atoms with Crippen LogP contribution < -0.4 is 0 Å². The third kappa shape index (κ3) is 4.68. The molecule has 0 spiro atoms. The van der Waals surface area contributed by atoms with Crippen molar-refractivity contribution in [3.63, 3.8) is 0 Å². The van der Waals surface area contributed by atoms with Gasteiger partial charge in [0.2, 0.25) is 0 Å². The van der Waals surface area contributed by atoms with Gasteiger partial charge < -0.3 is 14.2 Å². The van der Waals surface area contributed by atoms with Gasteiger partial charge in [0.05, 0.1) is 24.5 Å². The number of nitrogens with zero attached hydrogens (tertiary/aromatic N) is 5. The summed E-state index contributed by atoms with van der Waals surface area (Å²) in [6.45, 7) is 6.13. The van der Waals surface area contributed by atoms with Gasteiger partial charge in [-0.05, 0) is 43.9 Å². The fourth-order valence-electron chi connectivity index (χ4n) is 4.22. The van der Waals surface area contributed by atoms with Crippen LogP contribution >= 0.6 is 0 Å². The summed E-state index contributed by atoms with van der Waals surface area (Å²) in [5, 5.41) is 11.5. The maximum absolute atomic E-state index is 12.9. The number of hydrogen-bond acceptors (Lipinski definition) is 6. The molecule has 0 bridgehead atoms. The monoisotopic (exact) mass is 413 g/mol. The van der Waals surface area contributed by atoms with Crippen LogP contribution in [0.3, 0.4) is 0 Å². The first-order chi connectivity index (χ1) is 14.6.